The largest absolute Gasteiger partial charge is 0.508 e. The molecule has 1 heterocycles. The third-order valence-electron chi connectivity index (χ3n) is 3.19. The van der Waals surface area contributed by atoms with Gasteiger partial charge in [-0.05, 0) is 57.0 Å². The first-order valence-electron chi connectivity index (χ1n) is 6.16. The van der Waals surface area contributed by atoms with Gasteiger partial charge >= 0.3 is 0 Å². The normalized spacial score (nSPS) is 22.0. The van der Waals surface area contributed by atoms with Crippen LogP contribution in [0, 0.1) is 0 Å². The summed E-state index contributed by atoms with van der Waals surface area (Å²) in [6, 6.07) is 7.51. The van der Waals surface area contributed by atoms with Crippen molar-refractivity contribution >= 4 is 5.57 Å². The van der Waals surface area contributed by atoms with Crippen molar-refractivity contribution in [2.24, 2.45) is 0 Å². The maximum absolute atomic E-state index is 9.33. The number of hydrogen-bond acceptors (Lipinski definition) is 1. The van der Waals surface area contributed by atoms with Crippen molar-refractivity contribution in [3.8, 4) is 5.75 Å². The Morgan fingerprint density at radius 3 is 2.18 bits per heavy atom. The van der Waals surface area contributed by atoms with E-state index in [1.165, 1.54) is 11.1 Å². The highest BCUT2D eigenvalue weighted by Crippen LogP contribution is 2.29. The molecule has 0 radical (unpaired) electrons. The highest BCUT2D eigenvalue weighted by Gasteiger charge is 2.36. The van der Waals surface area contributed by atoms with Gasteiger partial charge in [-0.2, -0.15) is 0 Å². The van der Waals surface area contributed by atoms with E-state index >= 15 is 0 Å². The Hall–Kier alpha value is -1.28. The van der Waals surface area contributed by atoms with Gasteiger partial charge < -0.3 is 10.4 Å². The molecule has 0 fully saturated rings. The van der Waals surface area contributed by atoms with Crippen LogP contribution >= 0.6 is 0 Å². The minimum absolute atomic E-state index is 0.134. The number of aromatic hydroxyl groups is 1. The molecule has 3 N–H and O–H groups in total. The number of benzene rings is 1. The van der Waals surface area contributed by atoms with E-state index in [1.54, 1.807) is 12.1 Å². The second kappa shape index (κ2) is 3.88. The quantitative estimate of drug-likeness (QED) is 0.766. The van der Waals surface area contributed by atoms with Gasteiger partial charge in [0.1, 0.15) is 11.3 Å². The van der Waals surface area contributed by atoms with Crippen LogP contribution in [0.3, 0.4) is 0 Å². The lowest BCUT2D eigenvalue weighted by Crippen LogP contribution is -3.04. The first-order chi connectivity index (χ1) is 7.77. The fraction of sp³-hybridized carbons (Fsp3) is 0.467. The Bertz CT molecular complexity index is 440. The van der Waals surface area contributed by atoms with E-state index in [9.17, 15) is 5.11 Å². The molecule has 0 spiro atoms. The molecular weight excluding hydrogens is 210 g/mol. The molecule has 2 rings (SSSR count). The third-order valence-corrected chi connectivity index (χ3v) is 3.19. The minimum atomic E-state index is 0.134. The third kappa shape index (κ3) is 2.89. The predicted octanol–water partition coefficient (Wildman–Crippen LogP) is 2.30. The second-order valence-corrected chi connectivity index (χ2v) is 6.35. The lowest BCUT2D eigenvalue weighted by atomic mass is 9.81. The van der Waals surface area contributed by atoms with E-state index in [1.807, 2.05) is 12.1 Å². The lowest BCUT2D eigenvalue weighted by Gasteiger charge is -2.37. The first kappa shape index (κ1) is 12.2. The van der Waals surface area contributed by atoms with Crippen LogP contribution in [-0.2, 0) is 0 Å². The fourth-order valence-corrected chi connectivity index (χ4v) is 2.95. The summed E-state index contributed by atoms with van der Waals surface area (Å²) in [4.78, 5) is 0. The molecule has 2 nitrogen and oxygen atoms in total. The van der Waals surface area contributed by atoms with Crippen LogP contribution in [0.15, 0.2) is 30.3 Å². The smallest absolute Gasteiger partial charge is 0.115 e. The molecule has 0 atom stereocenters. The molecule has 2 heteroatoms. The standard InChI is InChI=1S/C15H21NO/c1-14(2)9-12(10-15(3,4)16-14)11-5-7-13(17)8-6-11/h5-9,16-17H,10H2,1-4H3/p+1. The van der Waals surface area contributed by atoms with Gasteiger partial charge in [0.05, 0.1) is 5.54 Å². The Kier molecular flexibility index (Phi) is 2.78. The van der Waals surface area contributed by atoms with Crippen LogP contribution in [0.4, 0.5) is 0 Å². The van der Waals surface area contributed by atoms with Gasteiger partial charge in [0.15, 0.2) is 0 Å². The number of phenols is 1. The fourth-order valence-electron chi connectivity index (χ4n) is 2.95. The molecule has 0 unspecified atom stereocenters. The monoisotopic (exact) mass is 232 g/mol. The highest BCUT2D eigenvalue weighted by molar-refractivity contribution is 5.68. The van der Waals surface area contributed by atoms with Crippen molar-refractivity contribution in [3.05, 3.63) is 35.9 Å². The Morgan fingerprint density at radius 2 is 1.65 bits per heavy atom. The summed E-state index contributed by atoms with van der Waals surface area (Å²) in [6.07, 6.45) is 3.39. The van der Waals surface area contributed by atoms with Crippen LogP contribution in [0.25, 0.3) is 5.57 Å². The average molecular weight is 232 g/mol. The molecule has 1 aromatic carbocycles. The van der Waals surface area contributed by atoms with Crippen LogP contribution in [0.5, 0.6) is 5.75 Å². The van der Waals surface area contributed by atoms with Crippen molar-refractivity contribution in [3.63, 3.8) is 0 Å². The van der Waals surface area contributed by atoms with Gasteiger partial charge in [0.25, 0.3) is 0 Å². The second-order valence-electron chi connectivity index (χ2n) is 6.35. The van der Waals surface area contributed by atoms with E-state index in [0.717, 1.165) is 6.42 Å². The Morgan fingerprint density at radius 1 is 1.06 bits per heavy atom. The van der Waals surface area contributed by atoms with Crippen LogP contribution in [0.2, 0.25) is 0 Å². The van der Waals surface area contributed by atoms with E-state index in [2.05, 4.69) is 39.1 Å². The number of hydrogen-bond donors (Lipinski definition) is 2. The van der Waals surface area contributed by atoms with Gasteiger partial charge in [0.2, 0.25) is 0 Å². The van der Waals surface area contributed by atoms with E-state index in [4.69, 9.17) is 0 Å². The number of nitrogens with two attached hydrogens (primary N) is 1. The first-order valence-corrected chi connectivity index (χ1v) is 6.16. The van der Waals surface area contributed by atoms with Crippen molar-refractivity contribution in [1.82, 2.24) is 0 Å². The SMILES string of the molecule is CC1(C)C=C(c2ccc(O)cc2)CC(C)(C)[NH2+]1. The van der Waals surface area contributed by atoms with Gasteiger partial charge in [0, 0.05) is 6.42 Å². The molecule has 17 heavy (non-hydrogen) atoms. The molecule has 0 saturated heterocycles. The topological polar surface area (TPSA) is 36.8 Å². The lowest BCUT2D eigenvalue weighted by molar-refractivity contribution is -0.770. The van der Waals surface area contributed by atoms with Crippen molar-refractivity contribution < 1.29 is 10.4 Å². The van der Waals surface area contributed by atoms with Crippen molar-refractivity contribution in [2.75, 3.05) is 0 Å². The van der Waals surface area contributed by atoms with Gasteiger partial charge in [-0.25, -0.2) is 0 Å². The summed E-state index contributed by atoms with van der Waals surface area (Å²) in [7, 11) is 0. The Labute approximate surface area is 103 Å². The van der Waals surface area contributed by atoms with E-state index in [0.29, 0.717) is 5.75 Å². The zero-order chi connectivity index (χ0) is 12.7. The molecule has 0 amide bonds. The Balaban J connectivity index is 2.38. The molecule has 1 aliphatic heterocycles. The molecule has 1 aliphatic rings. The molecule has 1 aromatic rings. The summed E-state index contributed by atoms with van der Waals surface area (Å²) in [5, 5.41) is 11.8. The van der Waals surface area contributed by atoms with E-state index in [-0.39, 0.29) is 11.1 Å². The summed E-state index contributed by atoms with van der Waals surface area (Å²) in [5.41, 5.74) is 2.96. The molecule has 0 saturated carbocycles. The zero-order valence-corrected chi connectivity index (χ0v) is 11.1. The summed E-state index contributed by atoms with van der Waals surface area (Å²) in [5.74, 6) is 0.329. The van der Waals surface area contributed by atoms with Crippen molar-refractivity contribution in [1.29, 1.82) is 0 Å². The molecular formula is C15H22NO+. The zero-order valence-electron chi connectivity index (χ0n) is 11.1. The van der Waals surface area contributed by atoms with Crippen LogP contribution < -0.4 is 5.32 Å². The van der Waals surface area contributed by atoms with E-state index < -0.39 is 0 Å². The van der Waals surface area contributed by atoms with Crippen LogP contribution in [-0.4, -0.2) is 16.2 Å². The maximum Gasteiger partial charge on any atom is 0.115 e. The molecule has 0 aliphatic carbocycles. The van der Waals surface area contributed by atoms with Crippen molar-refractivity contribution in [2.45, 2.75) is 45.2 Å². The summed E-state index contributed by atoms with van der Waals surface area (Å²) in [6.45, 7) is 9.05. The molecule has 0 aromatic heterocycles. The molecule has 0 bridgehead atoms. The number of phenolic OH excluding ortho intramolecular Hbond substituents is 1. The van der Waals surface area contributed by atoms with Gasteiger partial charge in [-0.15, -0.1) is 0 Å². The summed E-state index contributed by atoms with van der Waals surface area (Å²) < 4.78 is 0. The highest BCUT2D eigenvalue weighted by atomic mass is 16.3. The number of rotatable bonds is 1. The minimum Gasteiger partial charge on any atom is -0.508 e. The molecule has 92 valence electrons. The summed E-state index contributed by atoms with van der Waals surface area (Å²) >= 11 is 0. The number of quaternary nitrogens is 1. The maximum atomic E-state index is 9.33. The average Bonchev–Trinajstić information content (AvgIpc) is 2.13. The van der Waals surface area contributed by atoms with Crippen LogP contribution in [0.1, 0.15) is 39.7 Å². The van der Waals surface area contributed by atoms with Gasteiger partial charge in [-0.1, -0.05) is 12.1 Å². The predicted molar refractivity (Wildman–Crippen MR) is 70.8 cm³/mol. The van der Waals surface area contributed by atoms with Gasteiger partial charge in [-0.3, -0.25) is 0 Å².